The van der Waals surface area contributed by atoms with Crippen LogP contribution in [0.1, 0.15) is 22.3 Å². The van der Waals surface area contributed by atoms with Crippen LogP contribution in [0.3, 0.4) is 0 Å². The highest BCUT2D eigenvalue weighted by Crippen LogP contribution is 2.35. The van der Waals surface area contributed by atoms with E-state index in [1.54, 1.807) is 7.11 Å². The Morgan fingerprint density at radius 3 is 3.00 bits per heavy atom. The second-order valence-corrected chi connectivity index (χ2v) is 4.47. The summed E-state index contributed by atoms with van der Waals surface area (Å²) in [5.74, 6) is 1.01. The van der Waals surface area contributed by atoms with Gasteiger partial charge in [-0.3, -0.25) is 0 Å². The van der Waals surface area contributed by atoms with Crippen molar-refractivity contribution in [2.45, 2.75) is 19.6 Å². The number of likely N-dealkylation sites (N-methyl/N-ethyl adjacent to an activating group) is 1. The molecule has 0 aromatic heterocycles. The Morgan fingerprint density at radius 1 is 1.31 bits per heavy atom. The van der Waals surface area contributed by atoms with Gasteiger partial charge in [-0.15, -0.1) is 0 Å². The van der Waals surface area contributed by atoms with Crippen LogP contribution in [0.4, 0.5) is 0 Å². The first-order chi connectivity index (χ1) is 7.79. The van der Waals surface area contributed by atoms with E-state index in [1.165, 1.54) is 22.3 Å². The Morgan fingerprint density at radius 2 is 2.19 bits per heavy atom. The van der Waals surface area contributed by atoms with Gasteiger partial charge < -0.3 is 9.47 Å². The van der Waals surface area contributed by atoms with Crippen molar-refractivity contribution in [2.75, 3.05) is 20.7 Å². The van der Waals surface area contributed by atoms with E-state index in [0.29, 0.717) is 6.61 Å². The largest absolute Gasteiger partial charge is 0.495 e. The topological polar surface area (TPSA) is 21.5 Å². The Hall–Kier alpha value is -1.35. The monoisotopic (exact) mass is 218 g/mol. The number of hydrogen-bond acceptors (Lipinski definition) is 2. The van der Waals surface area contributed by atoms with Crippen molar-refractivity contribution in [1.82, 2.24) is 0 Å². The third kappa shape index (κ3) is 1.35. The molecule has 0 atom stereocenters. The van der Waals surface area contributed by atoms with Crippen LogP contribution >= 0.6 is 0 Å². The fourth-order valence-electron chi connectivity index (χ4n) is 2.54. The summed E-state index contributed by atoms with van der Waals surface area (Å²) >= 11 is 0. The van der Waals surface area contributed by atoms with Crippen LogP contribution in [0, 0.1) is 0 Å². The highest BCUT2D eigenvalue weighted by atomic mass is 16.5. The molecule has 84 valence electrons. The van der Waals surface area contributed by atoms with Gasteiger partial charge >= 0.3 is 0 Å². The van der Waals surface area contributed by atoms with Crippen molar-refractivity contribution in [3.8, 4) is 5.75 Å². The maximum absolute atomic E-state index is 5.57. The van der Waals surface area contributed by atoms with E-state index in [1.807, 2.05) is 0 Å². The molecule has 2 aliphatic rings. The van der Waals surface area contributed by atoms with Gasteiger partial charge in [0.1, 0.15) is 19.3 Å². The predicted molar refractivity (Wildman–Crippen MR) is 61.4 cm³/mol. The van der Waals surface area contributed by atoms with Gasteiger partial charge in [0.05, 0.1) is 25.9 Å². The molecule has 0 spiro atoms. The van der Waals surface area contributed by atoms with E-state index in [-0.39, 0.29) is 0 Å². The van der Waals surface area contributed by atoms with Gasteiger partial charge in [-0.25, -0.2) is 4.58 Å². The van der Waals surface area contributed by atoms with Crippen LogP contribution in [0.2, 0.25) is 0 Å². The van der Waals surface area contributed by atoms with Crippen LogP contribution in [0.25, 0.3) is 0 Å². The first-order valence-corrected chi connectivity index (χ1v) is 5.64. The fourth-order valence-corrected chi connectivity index (χ4v) is 2.54. The van der Waals surface area contributed by atoms with Gasteiger partial charge in [-0.05, 0) is 11.1 Å². The SMILES string of the molecule is COc1c2c(cc3c1COC3)CC[N+](C)=C2. The van der Waals surface area contributed by atoms with Gasteiger partial charge in [-0.2, -0.15) is 0 Å². The molecule has 3 nitrogen and oxygen atoms in total. The van der Waals surface area contributed by atoms with Crippen LogP contribution in [-0.2, 0) is 24.4 Å². The summed E-state index contributed by atoms with van der Waals surface area (Å²) in [6.07, 6.45) is 3.27. The molecule has 16 heavy (non-hydrogen) atoms. The van der Waals surface area contributed by atoms with Crippen LogP contribution in [0.15, 0.2) is 6.07 Å². The highest BCUT2D eigenvalue weighted by molar-refractivity contribution is 5.84. The highest BCUT2D eigenvalue weighted by Gasteiger charge is 2.25. The molecule has 0 saturated heterocycles. The lowest BCUT2D eigenvalue weighted by Crippen LogP contribution is -2.20. The van der Waals surface area contributed by atoms with Crippen LogP contribution < -0.4 is 4.74 Å². The molecule has 0 aliphatic carbocycles. The molecule has 0 amide bonds. The maximum Gasteiger partial charge on any atom is 0.174 e. The second-order valence-electron chi connectivity index (χ2n) is 4.47. The van der Waals surface area contributed by atoms with E-state index >= 15 is 0 Å². The molecule has 0 fully saturated rings. The Kier molecular flexibility index (Phi) is 2.21. The smallest absolute Gasteiger partial charge is 0.174 e. The average molecular weight is 218 g/mol. The van der Waals surface area contributed by atoms with Crippen molar-refractivity contribution in [3.63, 3.8) is 0 Å². The van der Waals surface area contributed by atoms with E-state index in [4.69, 9.17) is 9.47 Å². The lowest BCUT2D eigenvalue weighted by atomic mass is 9.95. The van der Waals surface area contributed by atoms with Gasteiger partial charge in [0, 0.05) is 12.0 Å². The van der Waals surface area contributed by atoms with E-state index in [0.717, 1.165) is 25.3 Å². The normalized spacial score (nSPS) is 17.8. The third-order valence-electron chi connectivity index (χ3n) is 3.39. The molecule has 2 heterocycles. The second kappa shape index (κ2) is 3.59. The fraction of sp³-hybridized carbons (Fsp3) is 0.462. The number of benzene rings is 1. The van der Waals surface area contributed by atoms with Crippen molar-refractivity contribution < 1.29 is 14.0 Å². The zero-order chi connectivity index (χ0) is 11.1. The van der Waals surface area contributed by atoms with E-state index in [2.05, 4.69) is 23.9 Å². The zero-order valence-corrected chi connectivity index (χ0v) is 9.75. The van der Waals surface area contributed by atoms with Gasteiger partial charge in [-0.1, -0.05) is 6.07 Å². The van der Waals surface area contributed by atoms with Gasteiger partial charge in [0.2, 0.25) is 0 Å². The summed E-state index contributed by atoms with van der Waals surface area (Å²) in [7, 11) is 3.85. The van der Waals surface area contributed by atoms with Crippen LogP contribution in [-0.4, -0.2) is 31.5 Å². The van der Waals surface area contributed by atoms with Crippen molar-refractivity contribution in [1.29, 1.82) is 0 Å². The molecule has 0 radical (unpaired) electrons. The lowest BCUT2D eigenvalue weighted by Gasteiger charge is -2.16. The summed E-state index contributed by atoms with van der Waals surface area (Å²) < 4.78 is 13.3. The first-order valence-electron chi connectivity index (χ1n) is 5.64. The maximum atomic E-state index is 5.57. The minimum absolute atomic E-state index is 0.684. The zero-order valence-electron chi connectivity index (χ0n) is 9.75. The molecule has 2 aliphatic heterocycles. The van der Waals surface area contributed by atoms with Crippen molar-refractivity contribution in [3.05, 3.63) is 28.3 Å². The van der Waals surface area contributed by atoms with Crippen molar-refractivity contribution >= 4 is 6.21 Å². The van der Waals surface area contributed by atoms with Crippen LogP contribution in [0.5, 0.6) is 5.75 Å². The van der Waals surface area contributed by atoms with Crippen molar-refractivity contribution in [2.24, 2.45) is 0 Å². The number of hydrogen-bond donors (Lipinski definition) is 0. The number of nitrogens with zero attached hydrogens (tertiary/aromatic N) is 1. The third-order valence-corrected chi connectivity index (χ3v) is 3.39. The van der Waals surface area contributed by atoms with Gasteiger partial charge in [0.25, 0.3) is 0 Å². The summed E-state index contributed by atoms with van der Waals surface area (Å²) in [4.78, 5) is 0. The summed E-state index contributed by atoms with van der Waals surface area (Å²) in [5.41, 5.74) is 5.15. The molecule has 3 rings (SSSR count). The number of rotatable bonds is 1. The molecule has 1 aromatic carbocycles. The molecule has 1 aromatic rings. The molecule has 0 saturated carbocycles. The Labute approximate surface area is 95.3 Å². The quantitative estimate of drug-likeness (QED) is 0.663. The molecular formula is C13H16NO2+. The standard InChI is InChI=1S/C13H16NO2/c1-14-4-3-9-5-10-7-16-8-12(10)13(15-2)11(9)6-14/h5-6H,3-4,7-8H2,1-2H3/q+1. The van der Waals surface area contributed by atoms with E-state index in [9.17, 15) is 0 Å². The molecule has 0 unspecified atom stereocenters. The summed E-state index contributed by atoms with van der Waals surface area (Å²) in [6.45, 7) is 2.49. The number of fused-ring (bicyclic) bond motifs is 2. The predicted octanol–water partition coefficient (Wildman–Crippen LogP) is 1.34. The van der Waals surface area contributed by atoms with E-state index < -0.39 is 0 Å². The summed E-state index contributed by atoms with van der Waals surface area (Å²) in [6, 6.07) is 2.28. The first kappa shape index (κ1) is 9.85. The molecule has 0 N–H and O–H groups in total. The minimum Gasteiger partial charge on any atom is -0.495 e. The average Bonchev–Trinajstić information content (AvgIpc) is 2.73. The van der Waals surface area contributed by atoms with Gasteiger partial charge in [0.15, 0.2) is 6.21 Å². The molecule has 0 bridgehead atoms. The Bertz CT molecular complexity index is 477. The Balaban J connectivity index is 2.24. The molecular weight excluding hydrogens is 202 g/mol. The number of methoxy groups -OCH3 is 1. The minimum atomic E-state index is 0.684. The lowest BCUT2D eigenvalue weighted by molar-refractivity contribution is -0.493. The summed E-state index contributed by atoms with van der Waals surface area (Å²) in [5, 5.41) is 0. The molecule has 3 heteroatoms. The number of ether oxygens (including phenoxy) is 2.